The summed E-state index contributed by atoms with van der Waals surface area (Å²) in [5, 5.41) is 0.664. The number of Topliss-reactive ketones (excluding diaryl/α,β-unsaturated/α-hetero) is 1. The first-order chi connectivity index (χ1) is 13.5. The van der Waals surface area contributed by atoms with Crippen LogP contribution in [0, 0.1) is 0 Å². The molecule has 144 valence electrons. The molecule has 0 saturated carbocycles. The molecule has 1 heterocycles. The number of piperazine rings is 1. The minimum Gasteiger partial charge on any atom is -0.335 e. The first-order valence-corrected chi connectivity index (χ1v) is 9.84. The van der Waals surface area contributed by atoms with Gasteiger partial charge in [-0.2, -0.15) is 0 Å². The summed E-state index contributed by atoms with van der Waals surface area (Å²) in [6, 6.07) is 14.7. The van der Waals surface area contributed by atoms with E-state index in [1.807, 2.05) is 42.5 Å². The van der Waals surface area contributed by atoms with Gasteiger partial charge in [-0.3, -0.25) is 14.4 Å². The van der Waals surface area contributed by atoms with E-state index in [4.69, 9.17) is 11.6 Å². The van der Waals surface area contributed by atoms with Gasteiger partial charge in [0, 0.05) is 36.6 Å². The number of carbonyl (C=O) groups excluding carboxylic acids is 3. The quantitative estimate of drug-likeness (QED) is 0.800. The molecule has 2 aromatic carbocycles. The third kappa shape index (κ3) is 3.67. The Balaban J connectivity index is 1.44. The molecule has 2 amide bonds. The molecule has 5 nitrogen and oxygen atoms in total. The first kappa shape index (κ1) is 18.7. The highest BCUT2D eigenvalue weighted by Gasteiger charge is 2.35. The largest absolute Gasteiger partial charge is 0.335 e. The molecule has 2 aliphatic rings. The molecule has 1 aliphatic carbocycles. The van der Waals surface area contributed by atoms with Gasteiger partial charge >= 0.3 is 0 Å². The van der Waals surface area contributed by atoms with Crippen LogP contribution in [0.4, 0.5) is 0 Å². The van der Waals surface area contributed by atoms with Crippen LogP contribution >= 0.6 is 11.6 Å². The average Bonchev–Trinajstić information content (AvgIpc) is 2.71. The summed E-state index contributed by atoms with van der Waals surface area (Å²) >= 11 is 5.91. The van der Waals surface area contributed by atoms with Crippen molar-refractivity contribution in [1.82, 2.24) is 9.80 Å². The lowest BCUT2D eigenvalue weighted by atomic mass is 9.81. The van der Waals surface area contributed by atoms with Crippen LogP contribution in [0.3, 0.4) is 0 Å². The van der Waals surface area contributed by atoms with E-state index < -0.39 is 0 Å². The number of halogens is 1. The van der Waals surface area contributed by atoms with Gasteiger partial charge in [0.05, 0.1) is 12.5 Å². The number of fused-ring (bicyclic) bond motifs is 1. The number of amides is 2. The van der Waals surface area contributed by atoms with Crippen molar-refractivity contribution in [3.63, 3.8) is 0 Å². The Morgan fingerprint density at radius 2 is 1.79 bits per heavy atom. The second kappa shape index (κ2) is 7.76. The molecule has 1 saturated heterocycles. The smallest absolute Gasteiger partial charge is 0.242 e. The van der Waals surface area contributed by atoms with Crippen LogP contribution in [-0.4, -0.2) is 47.0 Å². The van der Waals surface area contributed by atoms with Gasteiger partial charge in [-0.15, -0.1) is 0 Å². The molecule has 0 N–H and O–H groups in total. The van der Waals surface area contributed by atoms with Gasteiger partial charge in [0.15, 0.2) is 5.78 Å². The maximum atomic E-state index is 13.1. The summed E-state index contributed by atoms with van der Waals surface area (Å²) in [7, 11) is 0. The number of benzene rings is 2. The Kier molecular flexibility index (Phi) is 5.18. The molecule has 1 aliphatic heterocycles. The molecule has 0 aromatic heterocycles. The van der Waals surface area contributed by atoms with Crippen LogP contribution in [0.1, 0.15) is 40.2 Å². The van der Waals surface area contributed by atoms with Crippen LogP contribution in [0.25, 0.3) is 0 Å². The van der Waals surface area contributed by atoms with Crippen molar-refractivity contribution in [2.24, 2.45) is 0 Å². The van der Waals surface area contributed by atoms with E-state index in [-0.39, 0.29) is 30.1 Å². The average molecular weight is 397 g/mol. The van der Waals surface area contributed by atoms with Gasteiger partial charge < -0.3 is 9.80 Å². The van der Waals surface area contributed by atoms with E-state index in [0.717, 1.165) is 11.1 Å². The molecule has 0 spiro atoms. The zero-order valence-electron chi connectivity index (χ0n) is 15.4. The number of carbonyl (C=O) groups is 3. The Hall–Kier alpha value is -2.66. The Morgan fingerprint density at radius 3 is 2.54 bits per heavy atom. The predicted molar refractivity (Wildman–Crippen MR) is 106 cm³/mol. The predicted octanol–water partition coefficient (Wildman–Crippen LogP) is 3.27. The van der Waals surface area contributed by atoms with Crippen molar-refractivity contribution in [3.05, 3.63) is 70.2 Å². The third-order valence-corrected chi connectivity index (χ3v) is 5.76. The highest BCUT2D eigenvalue weighted by molar-refractivity contribution is 6.30. The number of nitrogens with zero attached hydrogens (tertiary/aromatic N) is 2. The molecule has 0 bridgehead atoms. The van der Waals surface area contributed by atoms with Gasteiger partial charge in [-0.1, -0.05) is 48.0 Å². The molecule has 1 fully saturated rings. The lowest BCUT2D eigenvalue weighted by Crippen LogP contribution is -2.53. The normalized spacial score (nSPS) is 19.5. The second-order valence-corrected chi connectivity index (χ2v) is 7.74. The highest BCUT2D eigenvalue weighted by atomic mass is 35.5. The molecule has 2 aromatic rings. The molecular formula is C22H21ClN2O3. The Labute approximate surface area is 168 Å². The molecule has 1 atom stereocenters. The van der Waals surface area contributed by atoms with E-state index >= 15 is 0 Å². The van der Waals surface area contributed by atoms with E-state index in [0.29, 0.717) is 43.1 Å². The molecule has 4 rings (SSSR count). The van der Waals surface area contributed by atoms with E-state index in [9.17, 15) is 14.4 Å². The van der Waals surface area contributed by atoms with Crippen LogP contribution in [0.2, 0.25) is 5.02 Å². The number of rotatable bonds is 3. The van der Waals surface area contributed by atoms with E-state index in [2.05, 4.69) is 0 Å². The lowest BCUT2D eigenvalue weighted by Gasteiger charge is -2.37. The fourth-order valence-electron chi connectivity index (χ4n) is 3.97. The molecule has 0 radical (unpaired) electrons. The fraction of sp³-hybridized carbons (Fsp3) is 0.318. The summed E-state index contributed by atoms with van der Waals surface area (Å²) in [4.78, 5) is 41.2. The van der Waals surface area contributed by atoms with E-state index in [1.165, 1.54) is 0 Å². The highest BCUT2D eigenvalue weighted by Crippen LogP contribution is 2.33. The van der Waals surface area contributed by atoms with Gasteiger partial charge in [0.2, 0.25) is 11.8 Å². The molecule has 6 heteroatoms. The fourth-order valence-corrected chi connectivity index (χ4v) is 4.10. The molecular weight excluding hydrogens is 376 g/mol. The van der Waals surface area contributed by atoms with E-state index in [1.54, 1.807) is 15.9 Å². The van der Waals surface area contributed by atoms with Gasteiger partial charge in [0.1, 0.15) is 0 Å². The summed E-state index contributed by atoms with van der Waals surface area (Å²) < 4.78 is 0. The monoisotopic (exact) mass is 396 g/mol. The van der Waals surface area contributed by atoms with Gasteiger partial charge in [-0.05, 0) is 29.7 Å². The SMILES string of the molecule is O=C1CC[C@H](C(=O)N2CCN(Cc3ccc(Cl)cc3)C(=O)C2)c2ccccc21. The van der Waals surface area contributed by atoms with Crippen molar-refractivity contribution in [2.75, 3.05) is 19.6 Å². The maximum Gasteiger partial charge on any atom is 0.242 e. The number of hydrogen-bond acceptors (Lipinski definition) is 3. The summed E-state index contributed by atoms with van der Waals surface area (Å²) in [5.74, 6) is -0.373. The number of ketones is 1. The standard InChI is InChI=1S/C22H21ClN2O3/c23-16-7-5-15(6-8-16)13-24-11-12-25(14-21(24)27)22(28)19-9-10-20(26)18-4-2-1-3-17(18)19/h1-8,19H,9-14H2/t19-/m0/s1. The van der Waals surface area contributed by atoms with Crippen LogP contribution in [0.15, 0.2) is 48.5 Å². The minimum atomic E-state index is -0.343. The second-order valence-electron chi connectivity index (χ2n) is 7.30. The zero-order chi connectivity index (χ0) is 19.7. The summed E-state index contributed by atoms with van der Waals surface area (Å²) in [6.07, 6.45) is 0.881. The van der Waals surface area contributed by atoms with Crippen molar-refractivity contribution >= 4 is 29.2 Å². The van der Waals surface area contributed by atoms with Crippen molar-refractivity contribution in [3.8, 4) is 0 Å². The topological polar surface area (TPSA) is 57.7 Å². The number of hydrogen-bond donors (Lipinski definition) is 0. The van der Waals surface area contributed by atoms with Crippen LogP contribution in [-0.2, 0) is 16.1 Å². The molecule has 0 unspecified atom stereocenters. The Morgan fingerprint density at radius 1 is 1.04 bits per heavy atom. The van der Waals surface area contributed by atoms with Crippen molar-refractivity contribution in [1.29, 1.82) is 0 Å². The van der Waals surface area contributed by atoms with Gasteiger partial charge in [-0.25, -0.2) is 0 Å². The maximum absolute atomic E-state index is 13.1. The van der Waals surface area contributed by atoms with Crippen LogP contribution < -0.4 is 0 Å². The minimum absolute atomic E-state index is 0.0561. The molecule has 28 heavy (non-hydrogen) atoms. The van der Waals surface area contributed by atoms with Crippen molar-refractivity contribution in [2.45, 2.75) is 25.3 Å². The van der Waals surface area contributed by atoms with Gasteiger partial charge in [0.25, 0.3) is 0 Å². The van der Waals surface area contributed by atoms with Crippen molar-refractivity contribution < 1.29 is 14.4 Å². The third-order valence-electron chi connectivity index (χ3n) is 5.51. The summed E-state index contributed by atoms with van der Waals surface area (Å²) in [6.45, 7) is 1.60. The van der Waals surface area contributed by atoms with Crippen LogP contribution in [0.5, 0.6) is 0 Å². The lowest BCUT2D eigenvalue weighted by molar-refractivity contribution is -0.146. The zero-order valence-corrected chi connectivity index (χ0v) is 16.2. The first-order valence-electron chi connectivity index (χ1n) is 9.46. The summed E-state index contributed by atoms with van der Waals surface area (Å²) in [5.41, 5.74) is 2.44. The Bertz CT molecular complexity index is 926.